The van der Waals surface area contributed by atoms with Gasteiger partial charge >= 0.3 is 12.0 Å². The molecule has 41 valence electrons. The van der Waals surface area contributed by atoms with E-state index in [9.17, 15) is 8.78 Å². The fourth-order valence-electron chi connectivity index (χ4n) is 0.0472. The molecule has 0 aliphatic heterocycles. The third kappa shape index (κ3) is 5.62. The molecule has 5 heteroatoms. The van der Waals surface area contributed by atoms with E-state index in [0.717, 1.165) is 0 Å². The van der Waals surface area contributed by atoms with Crippen LogP contribution in [0.2, 0.25) is 0 Å². The molecule has 0 aromatic heterocycles. The highest BCUT2D eigenvalue weighted by molar-refractivity contribution is 6.21. The van der Waals surface area contributed by atoms with Crippen LogP contribution in [0.25, 0.3) is 0 Å². The van der Waals surface area contributed by atoms with Gasteiger partial charge in [0.25, 0.3) is 0 Å². The standard InChI is InChI=1S/C2ClF2O2/c3-2(4,5)7-1-6. The molecule has 0 aliphatic carbocycles. The van der Waals surface area contributed by atoms with Crippen molar-refractivity contribution >= 4 is 18.1 Å². The van der Waals surface area contributed by atoms with E-state index in [2.05, 4.69) is 16.3 Å². The minimum Gasteiger partial charge on any atom is -0.379 e. The highest BCUT2D eigenvalue weighted by Gasteiger charge is 2.26. The van der Waals surface area contributed by atoms with Gasteiger partial charge in [0.2, 0.25) is 0 Å². The number of alkyl halides is 3. The predicted octanol–water partition coefficient (Wildman–Crippen LogP) is 0.859. The minimum absolute atomic E-state index is 0.476. The van der Waals surface area contributed by atoms with E-state index < -0.39 is 5.57 Å². The van der Waals surface area contributed by atoms with E-state index in [-0.39, 0.29) is 0 Å². The van der Waals surface area contributed by atoms with Crippen LogP contribution >= 0.6 is 11.6 Å². The van der Waals surface area contributed by atoms with Crippen molar-refractivity contribution in [2.75, 3.05) is 0 Å². The normalized spacial score (nSPS) is 10.7. The van der Waals surface area contributed by atoms with E-state index in [1.54, 1.807) is 0 Å². The second-order valence-electron chi connectivity index (χ2n) is 0.631. The zero-order valence-corrected chi connectivity index (χ0v) is 3.71. The highest BCUT2D eigenvalue weighted by atomic mass is 35.5. The average molecular weight is 129 g/mol. The van der Waals surface area contributed by atoms with Crippen LogP contribution in [0.15, 0.2) is 0 Å². The van der Waals surface area contributed by atoms with Crippen molar-refractivity contribution in [1.29, 1.82) is 0 Å². The molecule has 7 heavy (non-hydrogen) atoms. The first-order valence-electron chi connectivity index (χ1n) is 1.18. The van der Waals surface area contributed by atoms with Gasteiger partial charge in [-0.15, -0.1) is 8.78 Å². The Labute approximate surface area is 43.0 Å². The Hall–Kier alpha value is -0.380. The van der Waals surface area contributed by atoms with Crippen molar-refractivity contribution in [3.8, 4) is 0 Å². The fourth-order valence-corrected chi connectivity index (χ4v) is 0.0787. The number of carbonyl (C=O) groups excluding carboxylic acids is 1. The Balaban J connectivity index is 3.34. The third-order valence-electron chi connectivity index (χ3n) is 0.157. The minimum atomic E-state index is -3.90. The molecule has 0 rings (SSSR count). The van der Waals surface area contributed by atoms with E-state index in [4.69, 9.17) is 4.79 Å². The Morgan fingerprint density at radius 1 is 1.71 bits per heavy atom. The third-order valence-corrected chi connectivity index (χ3v) is 0.235. The van der Waals surface area contributed by atoms with Crippen molar-refractivity contribution < 1.29 is 18.3 Å². The second kappa shape index (κ2) is 2.07. The van der Waals surface area contributed by atoms with Crippen molar-refractivity contribution in [3.05, 3.63) is 0 Å². The van der Waals surface area contributed by atoms with Gasteiger partial charge in [-0.2, -0.15) is 0 Å². The fraction of sp³-hybridized carbons (Fsp3) is 0.500. The molecule has 0 amide bonds. The van der Waals surface area contributed by atoms with Gasteiger partial charge in [-0.1, -0.05) is 0 Å². The molecule has 1 radical (unpaired) electrons. The summed E-state index contributed by atoms with van der Waals surface area (Å²) >= 11 is 4.02. The summed E-state index contributed by atoms with van der Waals surface area (Å²) in [7, 11) is 0. The zero-order chi connectivity index (χ0) is 5.91. The molecule has 0 aliphatic rings. The van der Waals surface area contributed by atoms with Gasteiger partial charge in [0.15, 0.2) is 0 Å². The summed E-state index contributed by atoms with van der Waals surface area (Å²) in [6, 6.07) is 0. The Morgan fingerprint density at radius 2 is 2.14 bits per heavy atom. The lowest BCUT2D eigenvalue weighted by atomic mass is 11.4. The molecule has 2 nitrogen and oxygen atoms in total. The van der Waals surface area contributed by atoms with E-state index >= 15 is 0 Å². The maximum Gasteiger partial charge on any atom is 0.489 e. The van der Waals surface area contributed by atoms with Crippen LogP contribution in [0.5, 0.6) is 0 Å². The molecule has 0 atom stereocenters. The van der Waals surface area contributed by atoms with Crippen molar-refractivity contribution in [1.82, 2.24) is 0 Å². The molecule has 0 saturated heterocycles. The Kier molecular flexibility index (Phi) is 1.95. The number of ether oxygens (including phenoxy) is 1. The number of rotatable bonds is 2. The summed E-state index contributed by atoms with van der Waals surface area (Å²) in [5, 5.41) is 0. The quantitative estimate of drug-likeness (QED) is 0.517. The summed E-state index contributed by atoms with van der Waals surface area (Å²) in [5.41, 5.74) is -3.90. The van der Waals surface area contributed by atoms with Crippen LogP contribution in [-0.4, -0.2) is 12.0 Å². The first kappa shape index (κ1) is 6.62. The maximum absolute atomic E-state index is 11.0. The lowest BCUT2D eigenvalue weighted by Gasteiger charge is -1.98. The van der Waals surface area contributed by atoms with Gasteiger partial charge in [0.05, 0.1) is 0 Å². The first-order valence-corrected chi connectivity index (χ1v) is 1.56. The van der Waals surface area contributed by atoms with Gasteiger partial charge < -0.3 is 4.74 Å². The SMILES string of the molecule is O=[C]OC(F)(F)Cl. The van der Waals surface area contributed by atoms with Gasteiger partial charge in [-0.05, 0) is 0 Å². The average Bonchev–Trinajstić information content (AvgIpc) is 1.30. The van der Waals surface area contributed by atoms with Crippen LogP contribution in [0.3, 0.4) is 0 Å². The van der Waals surface area contributed by atoms with Crippen LogP contribution in [0.4, 0.5) is 8.78 Å². The maximum atomic E-state index is 11.0. The predicted molar refractivity (Wildman–Crippen MR) is 17.6 cm³/mol. The second-order valence-corrected chi connectivity index (χ2v) is 1.07. The molecular weight excluding hydrogens is 129 g/mol. The molecule has 0 spiro atoms. The van der Waals surface area contributed by atoms with Crippen LogP contribution in [0, 0.1) is 0 Å². The molecule has 0 aromatic rings. The van der Waals surface area contributed by atoms with Gasteiger partial charge in [0.1, 0.15) is 0 Å². The topological polar surface area (TPSA) is 26.3 Å². The summed E-state index contributed by atoms with van der Waals surface area (Å²) in [5.74, 6) is 0. The smallest absolute Gasteiger partial charge is 0.379 e. The van der Waals surface area contributed by atoms with Crippen molar-refractivity contribution in [3.63, 3.8) is 0 Å². The molecule has 0 bridgehead atoms. The van der Waals surface area contributed by atoms with Crippen LogP contribution in [-0.2, 0) is 9.53 Å². The van der Waals surface area contributed by atoms with Gasteiger partial charge in [-0.3, -0.25) is 0 Å². The Bertz CT molecular complexity index is 68.6. The molecule has 0 saturated carbocycles. The highest BCUT2D eigenvalue weighted by Crippen LogP contribution is 2.17. The van der Waals surface area contributed by atoms with E-state index in [0.29, 0.717) is 6.47 Å². The van der Waals surface area contributed by atoms with E-state index in [1.165, 1.54) is 0 Å². The monoisotopic (exact) mass is 129 g/mol. The van der Waals surface area contributed by atoms with E-state index in [1.807, 2.05) is 0 Å². The molecule has 0 unspecified atom stereocenters. The zero-order valence-electron chi connectivity index (χ0n) is 2.95. The largest absolute Gasteiger partial charge is 0.489 e. The number of hydrogen-bond donors (Lipinski definition) is 0. The Morgan fingerprint density at radius 3 is 2.14 bits per heavy atom. The van der Waals surface area contributed by atoms with Crippen molar-refractivity contribution in [2.45, 2.75) is 5.57 Å². The summed E-state index contributed by atoms with van der Waals surface area (Å²) in [6.45, 7) is 0.476. The van der Waals surface area contributed by atoms with Gasteiger partial charge in [-0.25, -0.2) is 4.79 Å². The van der Waals surface area contributed by atoms with Crippen LogP contribution in [0.1, 0.15) is 0 Å². The molecule has 0 fully saturated rings. The lowest BCUT2D eigenvalue weighted by molar-refractivity contribution is -0.108. The summed E-state index contributed by atoms with van der Waals surface area (Å²) in [6.07, 6.45) is 0. The van der Waals surface area contributed by atoms with Crippen LogP contribution < -0.4 is 0 Å². The molecule has 0 aromatic carbocycles. The summed E-state index contributed by atoms with van der Waals surface area (Å²) in [4.78, 5) is 8.91. The number of halogens is 3. The van der Waals surface area contributed by atoms with Gasteiger partial charge in [0, 0.05) is 11.6 Å². The molecule has 0 N–H and O–H groups in total. The first-order chi connectivity index (χ1) is 3.06. The van der Waals surface area contributed by atoms with Crippen molar-refractivity contribution in [2.24, 2.45) is 0 Å². The summed E-state index contributed by atoms with van der Waals surface area (Å²) < 4.78 is 24.9. The molecular formula is C2ClF2O2. The lowest BCUT2D eigenvalue weighted by Crippen LogP contribution is -2.09. The molecule has 0 heterocycles. The number of hydrogen-bond acceptors (Lipinski definition) is 2.